The van der Waals surface area contributed by atoms with Gasteiger partial charge in [-0.2, -0.15) is 0 Å². The Bertz CT molecular complexity index is 1250. The van der Waals surface area contributed by atoms with Gasteiger partial charge in [0.05, 0.1) is 26.2 Å². The summed E-state index contributed by atoms with van der Waals surface area (Å²) in [5, 5.41) is 2.79. The molecule has 1 aliphatic heterocycles. The predicted octanol–water partition coefficient (Wildman–Crippen LogP) is 1.44. The number of thiazole rings is 1. The van der Waals surface area contributed by atoms with Gasteiger partial charge in [0.1, 0.15) is 6.54 Å². The summed E-state index contributed by atoms with van der Waals surface area (Å²) in [6, 6.07) is 10.8. The van der Waals surface area contributed by atoms with E-state index in [0.717, 1.165) is 16.2 Å². The van der Waals surface area contributed by atoms with E-state index in [-0.39, 0.29) is 21.2 Å². The highest BCUT2D eigenvalue weighted by Gasteiger charge is 2.36. The van der Waals surface area contributed by atoms with Crippen molar-refractivity contribution < 1.29 is 22.8 Å². The molecule has 0 saturated heterocycles. The van der Waals surface area contributed by atoms with Crippen molar-refractivity contribution in [1.82, 2.24) is 14.6 Å². The van der Waals surface area contributed by atoms with Crippen molar-refractivity contribution in [3.8, 4) is 0 Å². The summed E-state index contributed by atoms with van der Waals surface area (Å²) in [6.07, 6.45) is 0. The zero-order chi connectivity index (χ0) is 20.8. The summed E-state index contributed by atoms with van der Waals surface area (Å²) in [5.41, 5.74) is 1.05. The SMILES string of the molecule is CNS(=O)(=O)c1ccc2nc(NC(=O)CN3C(=O)c4ccccc4C3=O)sc2c1. The van der Waals surface area contributed by atoms with E-state index in [2.05, 4.69) is 15.0 Å². The fraction of sp³-hybridized carbons (Fsp3) is 0.111. The molecule has 2 aromatic carbocycles. The van der Waals surface area contributed by atoms with E-state index in [0.29, 0.717) is 10.2 Å². The molecule has 2 heterocycles. The van der Waals surface area contributed by atoms with Crippen LogP contribution in [0.5, 0.6) is 0 Å². The summed E-state index contributed by atoms with van der Waals surface area (Å²) in [4.78, 5) is 42.3. The molecule has 29 heavy (non-hydrogen) atoms. The first-order valence-electron chi connectivity index (χ1n) is 8.39. The maximum Gasteiger partial charge on any atom is 0.262 e. The highest BCUT2D eigenvalue weighted by atomic mass is 32.2. The van der Waals surface area contributed by atoms with E-state index in [1.54, 1.807) is 12.1 Å². The van der Waals surface area contributed by atoms with Crippen LogP contribution in [0.1, 0.15) is 20.7 Å². The lowest BCUT2D eigenvalue weighted by Gasteiger charge is -2.12. The van der Waals surface area contributed by atoms with Gasteiger partial charge in [-0.3, -0.25) is 19.3 Å². The van der Waals surface area contributed by atoms with Crippen molar-refractivity contribution in [3.63, 3.8) is 0 Å². The van der Waals surface area contributed by atoms with E-state index in [1.165, 1.54) is 37.4 Å². The minimum atomic E-state index is -3.60. The number of imide groups is 1. The number of benzene rings is 2. The van der Waals surface area contributed by atoms with Gasteiger partial charge < -0.3 is 5.32 Å². The van der Waals surface area contributed by atoms with Crippen LogP contribution in [-0.4, -0.2) is 49.6 Å². The van der Waals surface area contributed by atoms with Crippen molar-refractivity contribution in [3.05, 3.63) is 53.6 Å². The van der Waals surface area contributed by atoms with E-state index < -0.39 is 34.3 Å². The van der Waals surface area contributed by atoms with Crippen molar-refractivity contribution in [1.29, 1.82) is 0 Å². The first kappa shape index (κ1) is 19.2. The Morgan fingerprint density at radius 1 is 1.10 bits per heavy atom. The lowest BCUT2D eigenvalue weighted by molar-refractivity contribution is -0.116. The Hall–Kier alpha value is -3.15. The molecule has 3 amide bonds. The van der Waals surface area contributed by atoms with Gasteiger partial charge in [0.15, 0.2) is 5.13 Å². The normalized spacial score (nSPS) is 13.8. The highest BCUT2D eigenvalue weighted by molar-refractivity contribution is 7.89. The molecule has 9 nitrogen and oxygen atoms in total. The first-order valence-corrected chi connectivity index (χ1v) is 10.7. The molecule has 11 heteroatoms. The van der Waals surface area contributed by atoms with E-state index in [1.807, 2.05) is 0 Å². The van der Waals surface area contributed by atoms with Gasteiger partial charge in [-0.25, -0.2) is 18.1 Å². The van der Waals surface area contributed by atoms with Gasteiger partial charge in [0.25, 0.3) is 11.8 Å². The van der Waals surface area contributed by atoms with Crippen LogP contribution in [-0.2, 0) is 14.8 Å². The molecule has 0 bridgehead atoms. The molecule has 3 aromatic rings. The molecule has 1 aliphatic rings. The molecule has 0 atom stereocenters. The predicted molar refractivity (Wildman–Crippen MR) is 106 cm³/mol. The Morgan fingerprint density at radius 2 is 1.76 bits per heavy atom. The number of aromatic nitrogens is 1. The van der Waals surface area contributed by atoms with Crippen molar-refractivity contribution in [2.45, 2.75) is 4.90 Å². The average molecular weight is 430 g/mol. The van der Waals surface area contributed by atoms with Crippen LogP contribution in [0.4, 0.5) is 5.13 Å². The van der Waals surface area contributed by atoms with Crippen LogP contribution < -0.4 is 10.0 Å². The number of nitrogens with zero attached hydrogens (tertiary/aromatic N) is 2. The van der Waals surface area contributed by atoms with Crippen molar-refractivity contribution in [2.75, 3.05) is 18.9 Å². The van der Waals surface area contributed by atoms with Gasteiger partial charge in [-0.1, -0.05) is 23.5 Å². The largest absolute Gasteiger partial charge is 0.300 e. The molecular formula is C18H14N4O5S2. The smallest absolute Gasteiger partial charge is 0.262 e. The summed E-state index contributed by atoms with van der Waals surface area (Å²) >= 11 is 1.09. The van der Waals surface area contributed by atoms with Crippen LogP contribution in [0.2, 0.25) is 0 Å². The second-order valence-corrected chi connectivity index (χ2v) is 9.06. The van der Waals surface area contributed by atoms with E-state index in [4.69, 9.17) is 0 Å². The molecule has 0 fully saturated rings. The Morgan fingerprint density at radius 3 is 2.38 bits per heavy atom. The maximum absolute atomic E-state index is 12.4. The number of fused-ring (bicyclic) bond motifs is 2. The Kier molecular flexibility index (Phi) is 4.65. The molecule has 2 N–H and O–H groups in total. The van der Waals surface area contributed by atoms with Crippen LogP contribution in [0.15, 0.2) is 47.4 Å². The number of amides is 3. The lowest BCUT2D eigenvalue weighted by Crippen LogP contribution is -2.37. The van der Waals surface area contributed by atoms with Crippen LogP contribution >= 0.6 is 11.3 Å². The lowest BCUT2D eigenvalue weighted by atomic mass is 10.1. The number of hydrogen-bond donors (Lipinski definition) is 2. The fourth-order valence-electron chi connectivity index (χ4n) is 2.93. The second-order valence-electron chi connectivity index (χ2n) is 6.15. The minimum absolute atomic E-state index is 0.0834. The molecule has 4 rings (SSSR count). The third kappa shape index (κ3) is 3.39. The molecule has 0 aliphatic carbocycles. The van der Waals surface area contributed by atoms with Crippen LogP contribution in [0, 0.1) is 0 Å². The summed E-state index contributed by atoms with van der Waals surface area (Å²) in [6.45, 7) is -0.443. The molecule has 0 saturated carbocycles. The first-order chi connectivity index (χ1) is 13.8. The number of carbonyl (C=O) groups is 3. The van der Waals surface area contributed by atoms with Gasteiger partial charge in [-0.15, -0.1) is 0 Å². The number of nitrogens with one attached hydrogen (secondary N) is 2. The monoisotopic (exact) mass is 430 g/mol. The van der Waals surface area contributed by atoms with Crippen molar-refractivity contribution >= 4 is 54.4 Å². The van der Waals surface area contributed by atoms with Gasteiger partial charge >= 0.3 is 0 Å². The number of rotatable bonds is 5. The number of anilines is 1. The standard InChI is InChI=1S/C18H14N4O5S2/c1-19-29(26,27)10-6-7-13-14(8-10)28-18(20-13)21-15(23)9-22-16(24)11-4-2-3-5-12(11)17(22)25/h2-8,19H,9H2,1H3,(H,20,21,23). The second kappa shape index (κ2) is 7.03. The van der Waals surface area contributed by atoms with E-state index in [9.17, 15) is 22.8 Å². The number of hydrogen-bond acceptors (Lipinski definition) is 7. The molecular weight excluding hydrogens is 416 g/mol. The topological polar surface area (TPSA) is 126 Å². The zero-order valence-corrected chi connectivity index (χ0v) is 16.6. The molecule has 1 aromatic heterocycles. The van der Waals surface area contributed by atoms with Gasteiger partial charge in [0.2, 0.25) is 15.9 Å². The van der Waals surface area contributed by atoms with E-state index >= 15 is 0 Å². The molecule has 0 unspecified atom stereocenters. The molecule has 0 radical (unpaired) electrons. The third-order valence-electron chi connectivity index (χ3n) is 4.37. The van der Waals surface area contributed by atoms with Gasteiger partial charge in [-0.05, 0) is 37.4 Å². The molecule has 148 valence electrons. The van der Waals surface area contributed by atoms with Gasteiger partial charge in [0, 0.05) is 0 Å². The molecule has 0 spiro atoms. The Labute approximate surface area is 169 Å². The fourth-order valence-corrected chi connectivity index (χ4v) is 4.68. The van der Waals surface area contributed by atoms with Crippen molar-refractivity contribution in [2.24, 2.45) is 0 Å². The van der Waals surface area contributed by atoms with Crippen LogP contribution in [0.25, 0.3) is 10.2 Å². The summed E-state index contributed by atoms with van der Waals surface area (Å²) < 4.78 is 26.6. The van der Waals surface area contributed by atoms with Crippen LogP contribution in [0.3, 0.4) is 0 Å². The third-order valence-corrected chi connectivity index (χ3v) is 6.71. The quantitative estimate of drug-likeness (QED) is 0.590. The summed E-state index contributed by atoms with van der Waals surface area (Å²) in [7, 11) is -2.28. The maximum atomic E-state index is 12.4. The number of sulfonamides is 1. The zero-order valence-electron chi connectivity index (χ0n) is 15.0. The highest BCUT2D eigenvalue weighted by Crippen LogP contribution is 2.28. The minimum Gasteiger partial charge on any atom is -0.300 e. The Balaban J connectivity index is 1.51. The number of carbonyl (C=O) groups excluding carboxylic acids is 3. The summed E-state index contributed by atoms with van der Waals surface area (Å²) in [5.74, 6) is -1.62. The average Bonchev–Trinajstić information content (AvgIpc) is 3.21.